The largest absolute Gasteiger partial charge is 0.396 e. The lowest BCUT2D eigenvalue weighted by Crippen LogP contribution is -2.45. The molecule has 1 aromatic carbocycles. The molecular formula is C20H23BrFN5O3. The maximum Gasteiger partial charge on any atom is 0.322 e. The zero-order chi connectivity index (χ0) is 21.6. The van der Waals surface area contributed by atoms with Crippen molar-refractivity contribution in [3.63, 3.8) is 0 Å². The summed E-state index contributed by atoms with van der Waals surface area (Å²) in [6.45, 7) is 3.06. The maximum atomic E-state index is 13.5. The summed E-state index contributed by atoms with van der Waals surface area (Å²) in [4.78, 5) is 29.2. The molecule has 2 atom stereocenters. The Morgan fingerprint density at radius 3 is 2.87 bits per heavy atom. The third-order valence-electron chi connectivity index (χ3n) is 5.69. The fourth-order valence-corrected chi connectivity index (χ4v) is 4.46. The summed E-state index contributed by atoms with van der Waals surface area (Å²) in [7, 11) is 1.71. The number of aliphatic hydroxyl groups excluding tert-OH is 1. The van der Waals surface area contributed by atoms with Gasteiger partial charge in [0, 0.05) is 56.4 Å². The number of urea groups is 1. The third-order valence-corrected chi connectivity index (χ3v) is 6.29. The molecule has 3 heterocycles. The predicted octanol–water partition coefficient (Wildman–Crippen LogP) is 2.46. The van der Waals surface area contributed by atoms with E-state index in [1.807, 2.05) is 6.92 Å². The van der Waals surface area contributed by atoms with Crippen molar-refractivity contribution in [2.45, 2.75) is 32.5 Å². The van der Waals surface area contributed by atoms with Crippen molar-refractivity contribution in [2.24, 2.45) is 5.92 Å². The van der Waals surface area contributed by atoms with Gasteiger partial charge in [-0.25, -0.2) is 9.18 Å². The summed E-state index contributed by atoms with van der Waals surface area (Å²) in [6.07, 6.45) is 0.524. The van der Waals surface area contributed by atoms with Gasteiger partial charge in [-0.3, -0.25) is 9.48 Å². The van der Waals surface area contributed by atoms with Crippen molar-refractivity contribution >= 4 is 33.6 Å². The molecule has 8 nitrogen and oxygen atoms in total. The number of benzene rings is 1. The quantitative estimate of drug-likeness (QED) is 0.691. The Morgan fingerprint density at radius 2 is 2.17 bits per heavy atom. The normalized spacial score (nSPS) is 21.2. The van der Waals surface area contributed by atoms with E-state index in [4.69, 9.17) is 0 Å². The lowest BCUT2D eigenvalue weighted by atomic mass is 9.99. The molecule has 160 valence electrons. The highest BCUT2D eigenvalue weighted by atomic mass is 79.9. The van der Waals surface area contributed by atoms with Gasteiger partial charge in [0.1, 0.15) is 11.5 Å². The monoisotopic (exact) mass is 479 g/mol. The van der Waals surface area contributed by atoms with Gasteiger partial charge in [0.15, 0.2) is 0 Å². The molecule has 4 rings (SSSR count). The highest BCUT2D eigenvalue weighted by molar-refractivity contribution is 9.10. The van der Waals surface area contributed by atoms with E-state index in [0.29, 0.717) is 30.9 Å². The molecule has 2 N–H and O–H groups in total. The lowest BCUT2D eigenvalue weighted by molar-refractivity contribution is 0.0761. The lowest BCUT2D eigenvalue weighted by Gasteiger charge is -2.33. The van der Waals surface area contributed by atoms with Gasteiger partial charge in [-0.1, -0.05) is 0 Å². The minimum atomic E-state index is -0.407. The van der Waals surface area contributed by atoms with Crippen LogP contribution in [0.5, 0.6) is 0 Å². The molecule has 3 amide bonds. The third kappa shape index (κ3) is 3.69. The van der Waals surface area contributed by atoms with Crippen LogP contribution in [-0.4, -0.2) is 62.9 Å². The molecule has 1 aromatic heterocycles. The second-order valence-electron chi connectivity index (χ2n) is 7.93. The van der Waals surface area contributed by atoms with Crippen molar-refractivity contribution in [3.05, 3.63) is 45.4 Å². The van der Waals surface area contributed by atoms with Crippen LogP contribution in [0.15, 0.2) is 22.7 Å². The van der Waals surface area contributed by atoms with Crippen LogP contribution in [0.1, 0.15) is 28.7 Å². The minimum absolute atomic E-state index is 0.0280. The van der Waals surface area contributed by atoms with Crippen LogP contribution in [0.2, 0.25) is 0 Å². The van der Waals surface area contributed by atoms with E-state index in [1.54, 1.807) is 21.5 Å². The Bertz CT molecular complexity index is 1010. The number of fused-ring (bicyclic) bond motifs is 3. The second-order valence-corrected chi connectivity index (χ2v) is 8.78. The highest BCUT2D eigenvalue weighted by Crippen LogP contribution is 2.29. The Hall–Kier alpha value is -2.46. The number of carbonyl (C=O) groups excluding carboxylic acids is 2. The molecule has 0 radical (unpaired) electrons. The Labute approximate surface area is 181 Å². The van der Waals surface area contributed by atoms with E-state index in [1.165, 1.54) is 18.2 Å². The first-order chi connectivity index (χ1) is 14.3. The number of hydrogen-bond acceptors (Lipinski definition) is 4. The summed E-state index contributed by atoms with van der Waals surface area (Å²) in [5.41, 5.74) is 2.52. The number of amides is 3. The molecule has 2 aromatic rings. The molecule has 2 aliphatic rings. The molecule has 0 aliphatic carbocycles. The van der Waals surface area contributed by atoms with Gasteiger partial charge in [0.2, 0.25) is 0 Å². The first kappa shape index (κ1) is 20.8. The van der Waals surface area contributed by atoms with Crippen LogP contribution < -0.4 is 5.32 Å². The van der Waals surface area contributed by atoms with Crippen LogP contribution >= 0.6 is 15.9 Å². The van der Waals surface area contributed by atoms with Crippen LogP contribution in [0.25, 0.3) is 0 Å². The molecule has 30 heavy (non-hydrogen) atoms. The molecule has 0 unspecified atom stereocenters. The van der Waals surface area contributed by atoms with E-state index in [0.717, 1.165) is 11.3 Å². The Balaban J connectivity index is 1.61. The number of halogens is 2. The fraction of sp³-hybridized carbons (Fsp3) is 0.450. The number of anilines is 1. The maximum absolute atomic E-state index is 13.5. The van der Waals surface area contributed by atoms with E-state index >= 15 is 0 Å². The van der Waals surface area contributed by atoms with Crippen LogP contribution in [-0.2, 0) is 19.5 Å². The zero-order valence-corrected chi connectivity index (χ0v) is 18.3. The summed E-state index contributed by atoms with van der Waals surface area (Å²) in [5.74, 6) is -0.650. The average molecular weight is 480 g/mol. The molecule has 0 fully saturated rings. The summed E-state index contributed by atoms with van der Waals surface area (Å²) in [5, 5.41) is 17.0. The number of nitrogens with zero attached hydrogens (tertiary/aromatic N) is 4. The number of hydrogen-bond donors (Lipinski definition) is 2. The smallest absolute Gasteiger partial charge is 0.322 e. The minimum Gasteiger partial charge on any atom is -0.396 e. The number of nitrogens with one attached hydrogen (secondary N) is 1. The second kappa shape index (κ2) is 7.99. The zero-order valence-electron chi connectivity index (χ0n) is 16.7. The van der Waals surface area contributed by atoms with Crippen molar-refractivity contribution in [3.8, 4) is 0 Å². The molecule has 10 heteroatoms. The predicted molar refractivity (Wildman–Crippen MR) is 112 cm³/mol. The average Bonchev–Trinajstić information content (AvgIpc) is 2.99. The molecule has 2 aliphatic heterocycles. The number of rotatable bonds is 2. The van der Waals surface area contributed by atoms with Gasteiger partial charge in [-0.05, 0) is 41.1 Å². The first-order valence-corrected chi connectivity index (χ1v) is 10.5. The van der Waals surface area contributed by atoms with Crippen molar-refractivity contribution < 1.29 is 19.1 Å². The molecular weight excluding hydrogens is 457 g/mol. The molecule has 0 saturated heterocycles. The molecule has 0 bridgehead atoms. The Kier molecular flexibility index (Phi) is 5.54. The highest BCUT2D eigenvalue weighted by Gasteiger charge is 2.36. The van der Waals surface area contributed by atoms with E-state index < -0.39 is 5.82 Å². The van der Waals surface area contributed by atoms with Gasteiger partial charge in [0.05, 0.1) is 16.7 Å². The number of carbonyl (C=O) groups is 2. The van der Waals surface area contributed by atoms with Crippen molar-refractivity contribution in [2.75, 3.05) is 25.5 Å². The summed E-state index contributed by atoms with van der Waals surface area (Å²) < 4.78 is 15.4. The van der Waals surface area contributed by atoms with E-state index in [2.05, 4.69) is 26.3 Å². The fourth-order valence-electron chi connectivity index (χ4n) is 4.08. The van der Waals surface area contributed by atoms with Crippen LogP contribution in [0.3, 0.4) is 0 Å². The molecule has 0 spiro atoms. The first-order valence-electron chi connectivity index (χ1n) is 9.76. The number of aromatic nitrogens is 2. The summed E-state index contributed by atoms with van der Waals surface area (Å²) in [6, 6.07) is 3.84. The van der Waals surface area contributed by atoms with Gasteiger partial charge in [-0.2, -0.15) is 5.10 Å². The topological polar surface area (TPSA) is 90.7 Å². The van der Waals surface area contributed by atoms with E-state index in [9.17, 15) is 19.1 Å². The van der Waals surface area contributed by atoms with Gasteiger partial charge < -0.3 is 20.2 Å². The van der Waals surface area contributed by atoms with Crippen molar-refractivity contribution in [1.82, 2.24) is 19.6 Å². The van der Waals surface area contributed by atoms with Gasteiger partial charge >= 0.3 is 6.03 Å². The van der Waals surface area contributed by atoms with Crippen LogP contribution in [0, 0.1) is 11.7 Å². The summed E-state index contributed by atoms with van der Waals surface area (Å²) >= 11 is 3.12. The van der Waals surface area contributed by atoms with Gasteiger partial charge in [0.25, 0.3) is 5.91 Å². The van der Waals surface area contributed by atoms with Crippen LogP contribution in [0.4, 0.5) is 14.9 Å². The SMILES string of the molecule is C[C@@H]1Cc2nn3c(c2CN1C(=O)Nc1ccc(F)c(Br)c1)C(=O)N(C)C[C@H](CO)C3. The Morgan fingerprint density at radius 1 is 1.40 bits per heavy atom. The number of aliphatic hydroxyl groups is 1. The van der Waals surface area contributed by atoms with E-state index in [-0.39, 0.29) is 41.5 Å². The van der Waals surface area contributed by atoms with Crippen molar-refractivity contribution in [1.29, 1.82) is 0 Å². The molecule has 0 saturated carbocycles. The standard InChI is InChI=1S/C20H23BrFN5O3/c1-11-5-17-14(18-19(29)25(2)7-12(10-28)8-27(18)24-17)9-26(11)20(30)23-13-3-4-16(22)15(21)6-13/h3-4,6,11-12,28H,5,7-10H2,1-2H3,(H,23,30)/t11-,12+/m1/s1. The van der Waals surface area contributed by atoms with Gasteiger partial charge in [-0.15, -0.1) is 0 Å².